The zero-order chi connectivity index (χ0) is 11.4. The highest BCUT2D eigenvalue weighted by molar-refractivity contribution is 6.18. The van der Waals surface area contributed by atoms with Gasteiger partial charge >= 0.3 is 0 Å². The van der Waals surface area contributed by atoms with Crippen LogP contribution in [0.1, 0.15) is 6.92 Å². The molecule has 0 aliphatic rings. The lowest BCUT2D eigenvalue weighted by Gasteiger charge is -2.10. The highest BCUT2D eigenvalue weighted by Crippen LogP contribution is 2.20. The Labute approximate surface area is 101 Å². The summed E-state index contributed by atoms with van der Waals surface area (Å²) >= 11 is 5.73. The van der Waals surface area contributed by atoms with Crippen LogP contribution < -0.4 is 4.74 Å². The lowest BCUT2D eigenvalue weighted by atomic mass is 10.1. The fraction of sp³-hybridized carbons (Fsp3) is 0.286. The van der Waals surface area contributed by atoms with E-state index in [1.807, 2.05) is 18.2 Å². The maximum absolute atomic E-state index is 5.73. The van der Waals surface area contributed by atoms with Gasteiger partial charge in [0.05, 0.1) is 6.61 Å². The summed E-state index contributed by atoms with van der Waals surface area (Å²) in [6, 6.07) is 14.4. The van der Waals surface area contributed by atoms with Crippen molar-refractivity contribution in [3.8, 4) is 5.75 Å². The molecule has 2 heteroatoms. The van der Waals surface area contributed by atoms with Gasteiger partial charge in [0.1, 0.15) is 5.75 Å². The molecule has 2 aromatic rings. The van der Waals surface area contributed by atoms with Crippen LogP contribution >= 0.6 is 11.6 Å². The minimum atomic E-state index is 0.383. The molecule has 0 heterocycles. The molecule has 2 rings (SSSR count). The van der Waals surface area contributed by atoms with Gasteiger partial charge in [-0.1, -0.05) is 37.3 Å². The summed E-state index contributed by atoms with van der Waals surface area (Å²) < 4.78 is 5.68. The smallest absolute Gasteiger partial charge is 0.119 e. The second-order valence-corrected chi connectivity index (χ2v) is 4.39. The van der Waals surface area contributed by atoms with E-state index in [-0.39, 0.29) is 0 Å². The Balaban J connectivity index is 2.13. The molecule has 0 aromatic heterocycles. The first kappa shape index (κ1) is 11.3. The third kappa shape index (κ3) is 2.67. The third-order valence-corrected chi connectivity index (χ3v) is 3.05. The first-order chi connectivity index (χ1) is 7.79. The Bertz CT molecular complexity index is 467. The van der Waals surface area contributed by atoms with Crippen molar-refractivity contribution in [3.05, 3.63) is 42.5 Å². The van der Waals surface area contributed by atoms with Crippen molar-refractivity contribution in [2.24, 2.45) is 5.92 Å². The van der Waals surface area contributed by atoms with Crippen molar-refractivity contribution in [3.63, 3.8) is 0 Å². The number of hydrogen-bond acceptors (Lipinski definition) is 1. The van der Waals surface area contributed by atoms with Gasteiger partial charge in [-0.2, -0.15) is 0 Å². The Morgan fingerprint density at radius 2 is 1.88 bits per heavy atom. The van der Waals surface area contributed by atoms with Crippen molar-refractivity contribution in [1.29, 1.82) is 0 Å². The molecule has 0 N–H and O–H groups in total. The van der Waals surface area contributed by atoms with Gasteiger partial charge in [-0.05, 0) is 22.9 Å². The first-order valence-corrected chi connectivity index (χ1v) is 6.00. The molecule has 0 aliphatic carbocycles. The summed E-state index contributed by atoms with van der Waals surface area (Å²) in [7, 11) is 0. The second-order valence-electron chi connectivity index (χ2n) is 4.08. The van der Waals surface area contributed by atoms with Crippen molar-refractivity contribution in [2.45, 2.75) is 6.92 Å². The summed E-state index contributed by atoms with van der Waals surface area (Å²) in [5.74, 6) is 1.93. The number of halogens is 1. The molecule has 0 amide bonds. The highest BCUT2D eigenvalue weighted by atomic mass is 35.5. The molecule has 1 nitrogen and oxygen atoms in total. The Kier molecular flexibility index (Phi) is 3.68. The maximum Gasteiger partial charge on any atom is 0.119 e. The maximum atomic E-state index is 5.73. The van der Waals surface area contributed by atoms with Gasteiger partial charge in [-0.15, -0.1) is 11.6 Å². The summed E-state index contributed by atoms with van der Waals surface area (Å²) in [5.41, 5.74) is 0. The predicted molar refractivity (Wildman–Crippen MR) is 69.3 cm³/mol. The van der Waals surface area contributed by atoms with E-state index in [9.17, 15) is 0 Å². The molecule has 16 heavy (non-hydrogen) atoms. The Morgan fingerprint density at radius 1 is 1.12 bits per heavy atom. The van der Waals surface area contributed by atoms with Crippen LogP contribution in [0.15, 0.2) is 42.5 Å². The zero-order valence-electron chi connectivity index (χ0n) is 9.32. The van der Waals surface area contributed by atoms with E-state index in [4.69, 9.17) is 16.3 Å². The summed E-state index contributed by atoms with van der Waals surface area (Å²) in [6.07, 6.45) is 0. The van der Waals surface area contributed by atoms with Gasteiger partial charge < -0.3 is 4.74 Å². The van der Waals surface area contributed by atoms with Crippen LogP contribution in [0.25, 0.3) is 10.8 Å². The molecular weight excluding hydrogens is 220 g/mol. The number of ether oxygens (including phenoxy) is 1. The van der Waals surface area contributed by atoms with Crippen LogP contribution in [0.4, 0.5) is 0 Å². The van der Waals surface area contributed by atoms with E-state index in [2.05, 4.69) is 31.2 Å². The average molecular weight is 235 g/mol. The van der Waals surface area contributed by atoms with Crippen molar-refractivity contribution in [1.82, 2.24) is 0 Å². The average Bonchev–Trinajstić information content (AvgIpc) is 2.35. The number of fused-ring (bicyclic) bond motifs is 1. The SMILES string of the molecule is CC(CCl)COc1ccc2ccccc2c1. The fourth-order valence-corrected chi connectivity index (χ4v) is 1.63. The topological polar surface area (TPSA) is 9.23 Å². The van der Waals surface area contributed by atoms with Gasteiger partial charge in [0.2, 0.25) is 0 Å². The monoisotopic (exact) mass is 234 g/mol. The van der Waals surface area contributed by atoms with E-state index < -0.39 is 0 Å². The van der Waals surface area contributed by atoms with Crippen molar-refractivity contribution < 1.29 is 4.74 Å². The number of rotatable bonds is 4. The molecule has 1 atom stereocenters. The lowest BCUT2D eigenvalue weighted by Crippen LogP contribution is -2.09. The molecule has 0 saturated carbocycles. The molecule has 0 bridgehead atoms. The van der Waals surface area contributed by atoms with Crippen LogP contribution in [-0.2, 0) is 0 Å². The zero-order valence-corrected chi connectivity index (χ0v) is 10.1. The molecule has 1 unspecified atom stereocenters. The van der Waals surface area contributed by atoms with Crippen molar-refractivity contribution >= 4 is 22.4 Å². The minimum absolute atomic E-state index is 0.383. The number of alkyl halides is 1. The standard InChI is InChI=1S/C14H15ClO/c1-11(9-15)10-16-14-7-6-12-4-2-3-5-13(12)8-14/h2-8,11H,9-10H2,1H3. The van der Waals surface area contributed by atoms with Crippen LogP contribution in [0.5, 0.6) is 5.75 Å². The van der Waals surface area contributed by atoms with E-state index in [0.717, 1.165) is 5.75 Å². The number of benzene rings is 2. The second kappa shape index (κ2) is 5.22. The van der Waals surface area contributed by atoms with Gasteiger partial charge in [0, 0.05) is 11.8 Å². The fourth-order valence-electron chi connectivity index (χ4n) is 1.54. The lowest BCUT2D eigenvalue weighted by molar-refractivity contribution is 0.273. The molecule has 2 aromatic carbocycles. The highest BCUT2D eigenvalue weighted by Gasteiger charge is 2.01. The van der Waals surface area contributed by atoms with E-state index in [0.29, 0.717) is 18.4 Å². The summed E-state index contributed by atoms with van der Waals surface area (Å²) in [4.78, 5) is 0. The van der Waals surface area contributed by atoms with Crippen LogP contribution in [0.3, 0.4) is 0 Å². The predicted octanol–water partition coefficient (Wildman–Crippen LogP) is 4.09. The van der Waals surface area contributed by atoms with Crippen LogP contribution in [-0.4, -0.2) is 12.5 Å². The molecule has 0 saturated heterocycles. The van der Waals surface area contributed by atoms with Gasteiger partial charge in [0.25, 0.3) is 0 Å². The Hall–Kier alpha value is -1.21. The van der Waals surface area contributed by atoms with E-state index in [1.165, 1.54) is 10.8 Å². The normalized spacial score (nSPS) is 12.6. The quantitative estimate of drug-likeness (QED) is 0.724. The minimum Gasteiger partial charge on any atom is -0.493 e. The van der Waals surface area contributed by atoms with Gasteiger partial charge in [0.15, 0.2) is 0 Å². The first-order valence-electron chi connectivity index (χ1n) is 5.47. The number of hydrogen-bond donors (Lipinski definition) is 0. The molecular formula is C14H15ClO. The van der Waals surface area contributed by atoms with E-state index >= 15 is 0 Å². The van der Waals surface area contributed by atoms with Gasteiger partial charge in [-0.3, -0.25) is 0 Å². The molecule has 0 radical (unpaired) electrons. The molecule has 0 fully saturated rings. The largest absolute Gasteiger partial charge is 0.493 e. The van der Waals surface area contributed by atoms with E-state index in [1.54, 1.807) is 0 Å². The Morgan fingerprint density at radius 3 is 2.62 bits per heavy atom. The van der Waals surface area contributed by atoms with Crippen molar-refractivity contribution in [2.75, 3.05) is 12.5 Å². The summed E-state index contributed by atoms with van der Waals surface area (Å²) in [6.45, 7) is 2.75. The van der Waals surface area contributed by atoms with Gasteiger partial charge in [-0.25, -0.2) is 0 Å². The van der Waals surface area contributed by atoms with Crippen LogP contribution in [0, 0.1) is 5.92 Å². The molecule has 84 valence electrons. The third-order valence-electron chi connectivity index (χ3n) is 2.52. The van der Waals surface area contributed by atoms with Crippen LogP contribution in [0.2, 0.25) is 0 Å². The molecule has 0 aliphatic heterocycles. The summed E-state index contributed by atoms with van der Waals surface area (Å²) in [5, 5.41) is 2.44. The molecule has 0 spiro atoms.